The summed E-state index contributed by atoms with van der Waals surface area (Å²) in [6, 6.07) is 6.05. The van der Waals surface area contributed by atoms with Crippen molar-refractivity contribution < 1.29 is 4.79 Å². The number of nitrogens with two attached hydrogens (primary N) is 1. The maximum atomic E-state index is 11.3. The molecule has 1 aliphatic rings. The first-order valence-corrected chi connectivity index (χ1v) is 6.71. The molecule has 104 valence electrons. The molecule has 6 nitrogen and oxygen atoms in total. The number of carbonyl (C=O) groups is 1. The molecule has 3 N–H and O–H groups in total. The maximum absolute atomic E-state index is 11.3. The van der Waals surface area contributed by atoms with Gasteiger partial charge in [-0.25, -0.2) is 10.4 Å². The van der Waals surface area contributed by atoms with Crippen LogP contribution in [0.5, 0.6) is 0 Å². The molecule has 1 unspecified atom stereocenters. The molecule has 0 aliphatic carbocycles. The number of nitrogens with zero attached hydrogens (tertiary/aromatic N) is 3. The molecule has 0 saturated carbocycles. The molecule has 20 heavy (non-hydrogen) atoms. The van der Waals surface area contributed by atoms with Crippen LogP contribution in [0.2, 0.25) is 0 Å². The van der Waals surface area contributed by atoms with E-state index in [1.54, 1.807) is 6.33 Å². The minimum Gasteiger partial charge on any atom is -0.329 e. The predicted molar refractivity (Wildman–Crippen MR) is 77.2 cm³/mol. The normalized spacial score (nSPS) is 19.0. The van der Waals surface area contributed by atoms with Crippen molar-refractivity contribution in [1.82, 2.24) is 15.0 Å². The number of fused-ring (bicyclic) bond motifs is 1. The number of rotatable bonds is 3. The third-order valence-corrected chi connectivity index (χ3v) is 3.55. The second-order valence-corrected chi connectivity index (χ2v) is 5.07. The van der Waals surface area contributed by atoms with E-state index < -0.39 is 0 Å². The molecule has 0 saturated heterocycles. The van der Waals surface area contributed by atoms with E-state index in [-0.39, 0.29) is 11.8 Å². The molecule has 0 fully saturated rings. The lowest BCUT2D eigenvalue weighted by Gasteiger charge is -2.19. The van der Waals surface area contributed by atoms with Crippen LogP contribution < -0.4 is 11.2 Å². The Hall–Kier alpha value is -2.21. The van der Waals surface area contributed by atoms with Crippen LogP contribution in [-0.4, -0.2) is 27.7 Å². The first-order valence-electron chi connectivity index (χ1n) is 6.71. The summed E-state index contributed by atoms with van der Waals surface area (Å²) in [5.41, 5.74) is 12.0. The van der Waals surface area contributed by atoms with Crippen molar-refractivity contribution in [3.8, 4) is 0 Å². The molecular formula is C14H17N5O. The molecule has 1 aromatic heterocycles. The summed E-state index contributed by atoms with van der Waals surface area (Å²) in [6.07, 6.45) is 2.27. The lowest BCUT2D eigenvalue weighted by atomic mass is 9.94. The Bertz CT molecular complexity index is 688. The summed E-state index contributed by atoms with van der Waals surface area (Å²) in [6.45, 7) is 3.35. The molecule has 1 aromatic carbocycles. The second kappa shape index (κ2) is 5.05. The summed E-state index contributed by atoms with van der Waals surface area (Å²) in [5.74, 6) is 0.0851. The largest absolute Gasteiger partial charge is 0.329 e. The number of benzene rings is 1. The van der Waals surface area contributed by atoms with Crippen LogP contribution in [0.4, 0.5) is 0 Å². The lowest BCUT2D eigenvalue weighted by molar-refractivity contribution is -0.121. The number of imidazole rings is 1. The van der Waals surface area contributed by atoms with Crippen molar-refractivity contribution >= 4 is 22.7 Å². The summed E-state index contributed by atoms with van der Waals surface area (Å²) in [7, 11) is 0. The summed E-state index contributed by atoms with van der Waals surface area (Å²) < 4.78 is 2.03. The number of hydrazone groups is 1. The van der Waals surface area contributed by atoms with Gasteiger partial charge in [0, 0.05) is 31.0 Å². The van der Waals surface area contributed by atoms with E-state index in [4.69, 9.17) is 5.73 Å². The number of nitrogens with one attached hydrogen (secondary N) is 1. The van der Waals surface area contributed by atoms with E-state index in [9.17, 15) is 4.79 Å². The minimum absolute atomic E-state index is 0.0328. The van der Waals surface area contributed by atoms with Crippen LogP contribution in [0.25, 0.3) is 11.0 Å². The van der Waals surface area contributed by atoms with Crippen molar-refractivity contribution in [3.05, 3.63) is 30.1 Å². The first kappa shape index (κ1) is 12.8. The Morgan fingerprint density at radius 1 is 1.50 bits per heavy atom. The average molecular weight is 271 g/mol. The Kier molecular flexibility index (Phi) is 3.23. The minimum atomic E-state index is -0.0328. The third-order valence-electron chi connectivity index (χ3n) is 3.55. The maximum Gasteiger partial charge on any atom is 0.240 e. The number of hydrogen-bond donors (Lipinski definition) is 2. The standard InChI is InChI=1S/C14H17N5O/c1-9-6-13(20)17-18-14(9)10-2-3-12-11(7-10)16-8-19(12)5-4-15/h2-3,7-9H,4-6,15H2,1H3,(H,17,20). The fourth-order valence-corrected chi connectivity index (χ4v) is 2.54. The highest BCUT2D eigenvalue weighted by atomic mass is 16.2. The van der Waals surface area contributed by atoms with Crippen LogP contribution in [0.15, 0.2) is 29.6 Å². The molecule has 1 aliphatic heterocycles. The van der Waals surface area contributed by atoms with E-state index in [1.807, 2.05) is 29.7 Å². The fourth-order valence-electron chi connectivity index (χ4n) is 2.54. The molecule has 0 bridgehead atoms. The van der Waals surface area contributed by atoms with Gasteiger partial charge in [0.2, 0.25) is 5.91 Å². The van der Waals surface area contributed by atoms with Gasteiger partial charge >= 0.3 is 0 Å². The van der Waals surface area contributed by atoms with Crippen molar-refractivity contribution in [2.24, 2.45) is 16.8 Å². The average Bonchev–Trinajstić information content (AvgIpc) is 2.82. The zero-order valence-corrected chi connectivity index (χ0v) is 11.3. The lowest BCUT2D eigenvalue weighted by Crippen LogP contribution is -2.31. The first-order chi connectivity index (χ1) is 9.69. The molecule has 1 amide bonds. The van der Waals surface area contributed by atoms with Gasteiger partial charge in [0.15, 0.2) is 0 Å². The molecular weight excluding hydrogens is 254 g/mol. The number of amides is 1. The Labute approximate surface area is 116 Å². The van der Waals surface area contributed by atoms with Crippen molar-refractivity contribution in [2.75, 3.05) is 6.54 Å². The molecule has 0 radical (unpaired) electrons. The van der Waals surface area contributed by atoms with Gasteiger partial charge in [0.25, 0.3) is 0 Å². The Morgan fingerprint density at radius 2 is 2.35 bits per heavy atom. The van der Waals surface area contributed by atoms with Gasteiger partial charge in [-0.3, -0.25) is 4.79 Å². The van der Waals surface area contributed by atoms with E-state index in [0.717, 1.165) is 28.9 Å². The summed E-state index contributed by atoms with van der Waals surface area (Å²) in [5, 5.41) is 4.17. The van der Waals surface area contributed by atoms with E-state index in [2.05, 4.69) is 15.5 Å². The van der Waals surface area contributed by atoms with Crippen LogP contribution in [0.1, 0.15) is 18.9 Å². The van der Waals surface area contributed by atoms with Crippen LogP contribution >= 0.6 is 0 Å². The van der Waals surface area contributed by atoms with Crippen molar-refractivity contribution in [2.45, 2.75) is 19.9 Å². The number of aromatic nitrogens is 2. The summed E-state index contributed by atoms with van der Waals surface area (Å²) in [4.78, 5) is 15.7. The molecule has 2 heterocycles. The number of hydrogen-bond acceptors (Lipinski definition) is 4. The third kappa shape index (κ3) is 2.18. The van der Waals surface area contributed by atoms with Gasteiger partial charge < -0.3 is 10.3 Å². The van der Waals surface area contributed by atoms with Crippen molar-refractivity contribution in [1.29, 1.82) is 0 Å². The highest BCUT2D eigenvalue weighted by molar-refractivity contribution is 6.07. The van der Waals surface area contributed by atoms with E-state index >= 15 is 0 Å². The van der Waals surface area contributed by atoms with Crippen LogP contribution in [0, 0.1) is 5.92 Å². The van der Waals surface area contributed by atoms with Gasteiger partial charge in [0.05, 0.1) is 23.1 Å². The number of carbonyl (C=O) groups excluding carboxylic acids is 1. The zero-order chi connectivity index (χ0) is 14.1. The SMILES string of the molecule is CC1CC(=O)NN=C1c1ccc2c(c1)ncn2CCN. The van der Waals surface area contributed by atoms with Crippen LogP contribution in [-0.2, 0) is 11.3 Å². The monoisotopic (exact) mass is 271 g/mol. The molecule has 1 atom stereocenters. The molecule has 0 spiro atoms. The van der Waals surface area contributed by atoms with Gasteiger partial charge in [-0.2, -0.15) is 5.10 Å². The topological polar surface area (TPSA) is 85.3 Å². The smallest absolute Gasteiger partial charge is 0.240 e. The Morgan fingerprint density at radius 3 is 3.10 bits per heavy atom. The highest BCUT2D eigenvalue weighted by Crippen LogP contribution is 2.20. The molecule has 6 heteroatoms. The predicted octanol–water partition coefficient (Wildman–Crippen LogP) is 0.855. The fraction of sp³-hybridized carbons (Fsp3) is 0.357. The van der Waals surface area contributed by atoms with Crippen LogP contribution in [0.3, 0.4) is 0 Å². The van der Waals surface area contributed by atoms with Crippen molar-refractivity contribution in [3.63, 3.8) is 0 Å². The molecule has 3 rings (SSSR count). The van der Waals surface area contributed by atoms with E-state index in [1.165, 1.54) is 0 Å². The van der Waals surface area contributed by atoms with Gasteiger partial charge in [-0.15, -0.1) is 0 Å². The molecule has 2 aromatic rings. The second-order valence-electron chi connectivity index (χ2n) is 5.07. The summed E-state index contributed by atoms with van der Waals surface area (Å²) >= 11 is 0. The Balaban J connectivity index is 1.99. The zero-order valence-electron chi connectivity index (χ0n) is 11.3. The van der Waals surface area contributed by atoms with Gasteiger partial charge in [-0.05, 0) is 12.1 Å². The van der Waals surface area contributed by atoms with Gasteiger partial charge in [-0.1, -0.05) is 13.0 Å². The van der Waals surface area contributed by atoms with E-state index in [0.29, 0.717) is 13.0 Å². The quantitative estimate of drug-likeness (QED) is 0.868. The highest BCUT2D eigenvalue weighted by Gasteiger charge is 2.21. The van der Waals surface area contributed by atoms with Gasteiger partial charge in [0.1, 0.15) is 0 Å².